The summed E-state index contributed by atoms with van der Waals surface area (Å²) in [5, 5.41) is 8.16. The van der Waals surface area contributed by atoms with E-state index < -0.39 is 0 Å². The Bertz CT molecular complexity index is 944. The summed E-state index contributed by atoms with van der Waals surface area (Å²) in [5.74, 6) is 1.47. The van der Waals surface area contributed by atoms with Crippen molar-refractivity contribution in [3.63, 3.8) is 0 Å². The fourth-order valence-corrected chi connectivity index (χ4v) is 4.01. The van der Waals surface area contributed by atoms with Crippen LogP contribution in [-0.4, -0.2) is 27.6 Å². The predicted molar refractivity (Wildman–Crippen MR) is 104 cm³/mol. The van der Waals surface area contributed by atoms with Crippen LogP contribution in [0, 0.1) is 19.8 Å². The zero-order valence-corrected chi connectivity index (χ0v) is 16.3. The van der Waals surface area contributed by atoms with Gasteiger partial charge >= 0.3 is 0 Å². The Hall–Kier alpha value is -2.54. The van der Waals surface area contributed by atoms with Gasteiger partial charge in [0, 0.05) is 24.7 Å². The van der Waals surface area contributed by atoms with Crippen molar-refractivity contribution < 1.29 is 9.32 Å². The lowest BCUT2D eigenvalue weighted by atomic mass is 10.1. The standard InChI is InChI=1S/C20H22N4O2S/c1-12-19(20(25)22-11-14-6-7-14)27-17(23-12)9-8-15-13(2)26-24-18(15)16-5-3-4-10-21-16/h3-5,10,14H,6-9,11H2,1-2H3,(H,22,25). The van der Waals surface area contributed by atoms with Crippen molar-refractivity contribution >= 4 is 17.2 Å². The zero-order chi connectivity index (χ0) is 18.8. The van der Waals surface area contributed by atoms with Crippen LogP contribution in [0.25, 0.3) is 11.4 Å². The molecule has 0 saturated heterocycles. The smallest absolute Gasteiger partial charge is 0.263 e. The topological polar surface area (TPSA) is 80.9 Å². The van der Waals surface area contributed by atoms with E-state index >= 15 is 0 Å². The molecule has 0 spiro atoms. The highest BCUT2D eigenvalue weighted by molar-refractivity contribution is 7.13. The van der Waals surface area contributed by atoms with E-state index in [0.29, 0.717) is 5.92 Å². The van der Waals surface area contributed by atoms with Crippen molar-refractivity contribution in [1.29, 1.82) is 0 Å². The molecule has 0 aromatic carbocycles. The maximum absolute atomic E-state index is 12.4. The molecule has 1 aliphatic carbocycles. The predicted octanol–water partition coefficient (Wildman–Crippen LogP) is 3.73. The minimum Gasteiger partial charge on any atom is -0.361 e. The van der Waals surface area contributed by atoms with Gasteiger partial charge in [-0.15, -0.1) is 11.3 Å². The number of carbonyl (C=O) groups is 1. The van der Waals surface area contributed by atoms with Crippen molar-refractivity contribution in [2.75, 3.05) is 6.54 Å². The maximum atomic E-state index is 12.4. The van der Waals surface area contributed by atoms with Crippen LogP contribution in [0.4, 0.5) is 0 Å². The molecule has 0 unspecified atom stereocenters. The highest BCUT2D eigenvalue weighted by atomic mass is 32.1. The summed E-state index contributed by atoms with van der Waals surface area (Å²) < 4.78 is 5.39. The van der Waals surface area contributed by atoms with Crippen molar-refractivity contribution in [3.8, 4) is 11.4 Å². The molecule has 140 valence electrons. The summed E-state index contributed by atoms with van der Waals surface area (Å²) in [4.78, 5) is 22.1. The largest absolute Gasteiger partial charge is 0.361 e. The number of nitrogens with one attached hydrogen (secondary N) is 1. The van der Waals surface area contributed by atoms with Crippen molar-refractivity contribution in [2.45, 2.75) is 39.5 Å². The maximum Gasteiger partial charge on any atom is 0.263 e. The summed E-state index contributed by atoms with van der Waals surface area (Å²) in [6.45, 7) is 4.59. The molecule has 0 bridgehead atoms. The highest BCUT2D eigenvalue weighted by Crippen LogP contribution is 2.28. The Balaban J connectivity index is 1.46. The molecule has 3 aromatic heterocycles. The quantitative estimate of drug-likeness (QED) is 0.673. The van der Waals surface area contributed by atoms with Gasteiger partial charge in [-0.25, -0.2) is 4.98 Å². The molecule has 7 heteroatoms. The fraction of sp³-hybridized carbons (Fsp3) is 0.400. The molecule has 27 heavy (non-hydrogen) atoms. The van der Waals surface area contributed by atoms with E-state index in [4.69, 9.17) is 4.52 Å². The Kier molecular flexibility index (Phi) is 5.03. The van der Waals surface area contributed by atoms with E-state index in [0.717, 1.165) is 57.7 Å². The van der Waals surface area contributed by atoms with Crippen molar-refractivity contribution in [1.82, 2.24) is 20.4 Å². The highest BCUT2D eigenvalue weighted by Gasteiger charge is 2.23. The third kappa shape index (κ3) is 4.08. The number of pyridine rings is 1. The van der Waals surface area contributed by atoms with Crippen molar-refractivity contribution in [2.24, 2.45) is 5.92 Å². The van der Waals surface area contributed by atoms with Crippen LogP contribution in [0.2, 0.25) is 0 Å². The number of aromatic nitrogens is 3. The fourth-order valence-electron chi connectivity index (χ4n) is 3.03. The third-order valence-corrected chi connectivity index (χ3v) is 5.99. The SMILES string of the molecule is Cc1nc(CCc2c(-c3ccccn3)noc2C)sc1C(=O)NCC1CC1. The lowest BCUT2D eigenvalue weighted by molar-refractivity contribution is 0.0955. The van der Waals surface area contributed by atoms with Crippen LogP contribution in [0.15, 0.2) is 28.9 Å². The summed E-state index contributed by atoms with van der Waals surface area (Å²) in [6, 6.07) is 5.74. The first-order valence-electron chi connectivity index (χ1n) is 9.23. The third-order valence-electron chi connectivity index (χ3n) is 4.78. The molecule has 3 aromatic rings. The molecule has 4 rings (SSSR count). The molecular weight excluding hydrogens is 360 g/mol. The molecule has 1 fully saturated rings. The molecule has 0 atom stereocenters. The molecule has 1 amide bonds. The van der Waals surface area contributed by atoms with E-state index in [2.05, 4.69) is 20.4 Å². The summed E-state index contributed by atoms with van der Waals surface area (Å²) in [7, 11) is 0. The number of hydrogen-bond acceptors (Lipinski definition) is 6. The Morgan fingerprint density at radius 1 is 1.30 bits per heavy atom. The van der Waals surface area contributed by atoms with Gasteiger partial charge in [0.15, 0.2) is 0 Å². The monoisotopic (exact) mass is 382 g/mol. The van der Waals surface area contributed by atoms with E-state index in [-0.39, 0.29) is 5.91 Å². The van der Waals surface area contributed by atoms with Crippen LogP contribution < -0.4 is 5.32 Å². The number of rotatable bonds is 7. The lowest BCUT2D eigenvalue weighted by Crippen LogP contribution is -2.25. The molecule has 1 saturated carbocycles. The van der Waals surface area contributed by atoms with Gasteiger partial charge in [0.05, 0.1) is 16.4 Å². The van der Waals surface area contributed by atoms with Gasteiger partial charge in [-0.05, 0) is 51.2 Å². The van der Waals surface area contributed by atoms with E-state index in [1.807, 2.05) is 32.0 Å². The number of thiazole rings is 1. The molecule has 3 heterocycles. The van der Waals surface area contributed by atoms with Gasteiger partial charge in [-0.1, -0.05) is 11.2 Å². The van der Waals surface area contributed by atoms with E-state index in [1.54, 1.807) is 6.20 Å². The summed E-state index contributed by atoms with van der Waals surface area (Å²) >= 11 is 1.48. The van der Waals surface area contributed by atoms with E-state index in [1.165, 1.54) is 24.2 Å². The van der Waals surface area contributed by atoms with Gasteiger partial charge in [0.25, 0.3) is 5.91 Å². The average Bonchev–Trinajstić information content (AvgIpc) is 3.33. The second-order valence-corrected chi connectivity index (χ2v) is 8.04. The average molecular weight is 382 g/mol. The second-order valence-electron chi connectivity index (χ2n) is 6.96. The summed E-state index contributed by atoms with van der Waals surface area (Å²) in [6.07, 6.45) is 5.69. The number of nitrogens with zero attached hydrogens (tertiary/aromatic N) is 3. The Morgan fingerprint density at radius 3 is 2.89 bits per heavy atom. The minimum atomic E-state index is -0.00140. The molecule has 0 aliphatic heterocycles. The van der Waals surface area contributed by atoms with E-state index in [9.17, 15) is 4.79 Å². The van der Waals surface area contributed by atoms with Crippen LogP contribution in [0.3, 0.4) is 0 Å². The normalized spacial score (nSPS) is 13.7. The van der Waals surface area contributed by atoms with Gasteiger partial charge in [-0.3, -0.25) is 9.78 Å². The summed E-state index contributed by atoms with van der Waals surface area (Å²) in [5.41, 5.74) is 3.43. The molecule has 1 aliphatic rings. The zero-order valence-electron chi connectivity index (χ0n) is 15.5. The van der Waals surface area contributed by atoms with Gasteiger partial charge in [0.2, 0.25) is 0 Å². The first-order valence-corrected chi connectivity index (χ1v) is 10.0. The van der Waals surface area contributed by atoms with Gasteiger partial charge < -0.3 is 9.84 Å². The minimum absolute atomic E-state index is 0.00140. The molecular formula is C20H22N4O2S. The molecule has 0 radical (unpaired) electrons. The lowest BCUT2D eigenvalue weighted by Gasteiger charge is -2.01. The first kappa shape index (κ1) is 17.9. The van der Waals surface area contributed by atoms with Crippen LogP contribution in [0.5, 0.6) is 0 Å². The van der Waals surface area contributed by atoms with Crippen LogP contribution >= 0.6 is 11.3 Å². The number of hydrogen-bond donors (Lipinski definition) is 1. The van der Waals surface area contributed by atoms with Crippen LogP contribution in [-0.2, 0) is 12.8 Å². The Morgan fingerprint density at radius 2 is 2.15 bits per heavy atom. The molecule has 6 nitrogen and oxygen atoms in total. The number of carbonyl (C=O) groups excluding carboxylic acids is 1. The first-order chi connectivity index (χ1) is 13.1. The van der Waals surface area contributed by atoms with Gasteiger partial charge in [0.1, 0.15) is 16.3 Å². The van der Waals surface area contributed by atoms with Crippen molar-refractivity contribution in [3.05, 3.63) is 51.3 Å². The molecule has 1 N–H and O–H groups in total. The van der Waals surface area contributed by atoms with Crippen LogP contribution in [0.1, 0.15) is 44.5 Å². The number of amides is 1. The second kappa shape index (κ2) is 7.60. The van der Waals surface area contributed by atoms with Gasteiger partial charge in [-0.2, -0.15) is 0 Å². The number of aryl methyl sites for hydroxylation is 3. The Labute approximate surface area is 162 Å².